The molecule has 0 aliphatic carbocycles. The molecular formula is C20H24N2O3. The minimum Gasteiger partial charge on any atom is -0.494 e. The molecule has 1 heterocycles. The summed E-state index contributed by atoms with van der Waals surface area (Å²) in [4.78, 5) is 13.0. The van der Waals surface area contributed by atoms with Crippen molar-refractivity contribution in [2.45, 2.75) is 32.2 Å². The zero-order valence-electron chi connectivity index (χ0n) is 14.6. The lowest BCUT2D eigenvalue weighted by atomic mass is 10.1. The number of likely N-dealkylation sites (tertiary alicyclic amines) is 1. The molecule has 132 valence electrons. The quantitative estimate of drug-likeness (QED) is 0.422. The smallest absolute Gasteiger partial charge is 0.270 e. The zero-order valence-corrected chi connectivity index (χ0v) is 14.6. The first-order valence-electron chi connectivity index (χ1n) is 8.85. The van der Waals surface area contributed by atoms with Crippen LogP contribution in [0.4, 0.5) is 5.69 Å². The summed E-state index contributed by atoms with van der Waals surface area (Å²) >= 11 is 0. The van der Waals surface area contributed by atoms with Gasteiger partial charge in [0.2, 0.25) is 0 Å². The average Bonchev–Trinajstić information content (AvgIpc) is 3.04. The van der Waals surface area contributed by atoms with Gasteiger partial charge in [-0.2, -0.15) is 0 Å². The van der Waals surface area contributed by atoms with Gasteiger partial charge in [0.1, 0.15) is 5.75 Å². The summed E-state index contributed by atoms with van der Waals surface area (Å²) in [6.07, 6.45) is 3.64. The van der Waals surface area contributed by atoms with Crippen molar-refractivity contribution in [2.24, 2.45) is 0 Å². The van der Waals surface area contributed by atoms with Crippen molar-refractivity contribution >= 4 is 5.69 Å². The van der Waals surface area contributed by atoms with Gasteiger partial charge in [-0.1, -0.05) is 24.3 Å². The van der Waals surface area contributed by atoms with Crippen LogP contribution in [-0.2, 0) is 0 Å². The fourth-order valence-corrected chi connectivity index (χ4v) is 3.33. The van der Waals surface area contributed by atoms with Crippen molar-refractivity contribution in [3.63, 3.8) is 0 Å². The highest BCUT2D eigenvalue weighted by atomic mass is 16.6. The summed E-state index contributed by atoms with van der Waals surface area (Å²) in [5, 5.41) is 10.9. The predicted molar refractivity (Wildman–Crippen MR) is 98.9 cm³/mol. The third kappa shape index (κ3) is 4.57. The van der Waals surface area contributed by atoms with Crippen molar-refractivity contribution in [3.05, 3.63) is 58.6 Å². The Morgan fingerprint density at radius 1 is 1.20 bits per heavy atom. The lowest BCUT2D eigenvalue weighted by Gasteiger charge is -2.20. The molecule has 5 nitrogen and oxygen atoms in total. The number of benzene rings is 2. The fourth-order valence-electron chi connectivity index (χ4n) is 3.33. The molecule has 5 heteroatoms. The monoisotopic (exact) mass is 340 g/mol. The summed E-state index contributed by atoms with van der Waals surface area (Å²) < 4.78 is 5.82. The molecule has 0 unspecified atom stereocenters. The molecule has 0 aromatic heterocycles. The van der Waals surface area contributed by atoms with Gasteiger partial charge in [0.25, 0.3) is 5.69 Å². The van der Waals surface area contributed by atoms with Gasteiger partial charge in [0.05, 0.1) is 11.5 Å². The number of nitrogens with zero attached hydrogens (tertiary/aromatic N) is 2. The van der Waals surface area contributed by atoms with E-state index in [1.165, 1.54) is 25.5 Å². The maximum absolute atomic E-state index is 10.9. The fraction of sp³-hybridized carbons (Fsp3) is 0.400. The highest BCUT2D eigenvalue weighted by molar-refractivity contribution is 5.66. The number of non-ortho nitro benzene ring substituents is 1. The number of nitro benzene ring substituents is 1. The van der Waals surface area contributed by atoms with Crippen LogP contribution in [0, 0.1) is 10.1 Å². The number of hydrogen-bond acceptors (Lipinski definition) is 4. The Morgan fingerprint density at radius 3 is 2.68 bits per heavy atom. The highest BCUT2D eigenvalue weighted by Crippen LogP contribution is 2.25. The van der Waals surface area contributed by atoms with Gasteiger partial charge < -0.3 is 9.64 Å². The van der Waals surface area contributed by atoms with Crippen molar-refractivity contribution in [3.8, 4) is 16.9 Å². The second-order valence-electron chi connectivity index (χ2n) is 6.56. The van der Waals surface area contributed by atoms with Gasteiger partial charge in [0.15, 0.2) is 0 Å². The molecule has 1 fully saturated rings. The summed E-state index contributed by atoms with van der Waals surface area (Å²) in [6.45, 7) is 5.30. The zero-order chi connectivity index (χ0) is 17.6. The molecule has 1 saturated heterocycles. The molecule has 25 heavy (non-hydrogen) atoms. The molecule has 3 rings (SSSR count). The van der Waals surface area contributed by atoms with E-state index in [9.17, 15) is 10.1 Å². The van der Waals surface area contributed by atoms with Gasteiger partial charge in [-0.25, -0.2) is 0 Å². The van der Waals surface area contributed by atoms with E-state index >= 15 is 0 Å². The summed E-state index contributed by atoms with van der Waals surface area (Å²) in [7, 11) is 0. The van der Waals surface area contributed by atoms with E-state index in [-0.39, 0.29) is 10.6 Å². The first-order valence-corrected chi connectivity index (χ1v) is 8.85. The maximum atomic E-state index is 10.9. The molecule has 1 aliphatic rings. The Labute approximate surface area is 148 Å². The molecule has 0 radical (unpaired) electrons. The van der Waals surface area contributed by atoms with Gasteiger partial charge in [-0.05, 0) is 56.0 Å². The summed E-state index contributed by atoms with van der Waals surface area (Å²) in [6, 6.07) is 15.1. The van der Waals surface area contributed by atoms with Gasteiger partial charge in [0, 0.05) is 24.7 Å². The summed E-state index contributed by atoms with van der Waals surface area (Å²) in [5.41, 5.74) is 1.89. The first kappa shape index (κ1) is 17.4. The van der Waals surface area contributed by atoms with E-state index in [2.05, 4.69) is 11.8 Å². The van der Waals surface area contributed by atoms with Crippen LogP contribution in [0.1, 0.15) is 26.2 Å². The lowest BCUT2D eigenvalue weighted by Crippen LogP contribution is -2.28. The Kier molecular flexibility index (Phi) is 5.66. The lowest BCUT2D eigenvalue weighted by molar-refractivity contribution is -0.384. The molecule has 0 saturated carbocycles. The SMILES string of the molecule is C[C@@H]1CCCN1CCCOc1ccc(-c2cccc([N+](=O)[O-])c2)cc1. The predicted octanol–water partition coefficient (Wildman–Crippen LogP) is 4.52. The largest absolute Gasteiger partial charge is 0.494 e. The van der Waals surface area contributed by atoms with E-state index < -0.39 is 0 Å². The number of hydrogen-bond donors (Lipinski definition) is 0. The van der Waals surface area contributed by atoms with Crippen LogP contribution in [0.15, 0.2) is 48.5 Å². The molecule has 0 amide bonds. The van der Waals surface area contributed by atoms with E-state index in [4.69, 9.17) is 4.74 Å². The third-order valence-electron chi connectivity index (χ3n) is 4.79. The van der Waals surface area contributed by atoms with Crippen LogP contribution in [-0.4, -0.2) is 35.6 Å². The number of nitro groups is 1. The maximum Gasteiger partial charge on any atom is 0.270 e. The van der Waals surface area contributed by atoms with Gasteiger partial charge in [-0.3, -0.25) is 10.1 Å². The molecule has 1 atom stereocenters. The Bertz CT molecular complexity index is 715. The van der Waals surface area contributed by atoms with Gasteiger partial charge >= 0.3 is 0 Å². The molecule has 0 bridgehead atoms. The molecule has 2 aromatic carbocycles. The molecule has 2 aromatic rings. The van der Waals surface area contributed by atoms with E-state index in [1.54, 1.807) is 12.1 Å². The minimum absolute atomic E-state index is 0.106. The molecule has 1 aliphatic heterocycles. The van der Waals surface area contributed by atoms with Crippen molar-refractivity contribution in [1.82, 2.24) is 4.90 Å². The minimum atomic E-state index is -0.373. The topological polar surface area (TPSA) is 55.6 Å². The third-order valence-corrected chi connectivity index (χ3v) is 4.79. The average molecular weight is 340 g/mol. The highest BCUT2D eigenvalue weighted by Gasteiger charge is 2.19. The van der Waals surface area contributed by atoms with Crippen LogP contribution in [0.2, 0.25) is 0 Å². The Morgan fingerprint density at radius 2 is 2.00 bits per heavy atom. The van der Waals surface area contributed by atoms with Crippen LogP contribution in [0.5, 0.6) is 5.75 Å². The Balaban J connectivity index is 1.52. The number of rotatable bonds is 7. The normalized spacial score (nSPS) is 17.6. The standard InChI is InChI=1S/C20H24N2O3/c1-16-5-3-12-21(16)13-4-14-25-20-10-8-17(9-11-20)18-6-2-7-19(15-18)22(23)24/h2,6-11,15-16H,3-5,12-14H2,1H3/t16-/m1/s1. The van der Waals surface area contributed by atoms with Crippen LogP contribution in [0.3, 0.4) is 0 Å². The molecule has 0 N–H and O–H groups in total. The summed E-state index contributed by atoms with van der Waals surface area (Å²) in [5.74, 6) is 0.837. The Hall–Kier alpha value is -2.40. The molecular weight excluding hydrogens is 316 g/mol. The van der Waals surface area contributed by atoms with Crippen molar-refractivity contribution < 1.29 is 9.66 Å². The number of ether oxygens (including phenoxy) is 1. The second-order valence-corrected chi connectivity index (χ2v) is 6.56. The van der Waals surface area contributed by atoms with Crippen LogP contribution in [0.25, 0.3) is 11.1 Å². The van der Waals surface area contributed by atoms with E-state index in [0.717, 1.165) is 29.8 Å². The van der Waals surface area contributed by atoms with E-state index in [0.29, 0.717) is 12.6 Å². The van der Waals surface area contributed by atoms with Crippen LogP contribution < -0.4 is 4.74 Å². The van der Waals surface area contributed by atoms with Crippen molar-refractivity contribution in [1.29, 1.82) is 0 Å². The molecule has 0 spiro atoms. The van der Waals surface area contributed by atoms with Gasteiger partial charge in [-0.15, -0.1) is 0 Å². The second kappa shape index (κ2) is 8.12. The van der Waals surface area contributed by atoms with Crippen LogP contribution >= 0.6 is 0 Å². The van der Waals surface area contributed by atoms with E-state index in [1.807, 2.05) is 30.3 Å². The first-order chi connectivity index (χ1) is 12.1. The van der Waals surface area contributed by atoms with Crippen molar-refractivity contribution in [2.75, 3.05) is 19.7 Å².